The Bertz CT molecular complexity index is 340. The molecule has 0 radical (unpaired) electrons. The van der Waals surface area contributed by atoms with Crippen LogP contribution in [0, 0.1) is 5.92 Å². The molecule has 0 saturated carbocycles. The second-order valence-corrected chi connectivity index (χ2v) is 5.66. The van der Waals surface area contributed by atoms with Crippen LogP contribution >= 0.6 is 11.8 Å². The topological polar surface area (TPSA) is 29.1 Å². The predicted octanol–water partition coefficient (Wildman–Crippen LogP) is 3.72. The van der Waals surface area contributed by atoms with Crippen molar-refractivity contribution in [2.24, 2.45) is 5.92 Å². The lowest BCUT2D eigenvalue weighted by molar-refractivity contribution is -0.124. The van der Waals surface area contributed by atoms with Crippen LogP contribution < -0.4 is 5.32 Å². The highest BCUT2D eigenvalue weighted by Crippen LogP contribution is 2.17. The van der Waals surface area contributed by atoms with E-state index in [-0.39, 0.29) is 11.8 Å². The van der Waals surface area contributed by atoms with Gasteiger partial charge in [0.2, 0.25) is 5.91 Å². The van der Waals surface area contributed by atoms with Crippen LogP contribution in [0.15, 0.2) is 35.2 Å². The van der Waals surface area contributed by atoms with E-state index in [1.807, 2.05) is 24.8 Å². The Morgan fingerprint density at radius 1 is 1.33 bits per heavy atom. The lowest BCUT2D eigenvalue weighted by Crippen LogP contribution is -2.30. The molecule has 0 aliphatic carbocycles. The van der Waals surface area contributed by atoms with E-state index in [0.29, 0.717) is 0 Å². The summed E-state index contributed by atoms with van der Waals surface area (Å²) in [5.74, 6) is 1.39. The third-order valence-electron chi connectivity index (χ3n) is 2.80. The highest BCUT2D eigenvalue weighted by Gasteiger charge is 2.10. The summed E-state index contributed by atoms with van der Waals surface area (Å²) >= 11 is 1.84. The Balaban J connectivity index is 2.07. The van der Waals surface area contributed by atoms with Gasteiger partial charge in [0, 0.05) is 17.4 Å². The van der Waals surface area contributed by atoms with E-state index < -0.39 is 0 Å². The fourth-order valence-electron chi connectivity index (χ4n) is 1.73. The minimum absolute atomic E-state index is 0.150. The van der Waals surface area contributed by atoms with Crippen molar-refractivity contribution in [2.45, 2.75) is 38.0 Å². The first-order valence-corrected chi connectivity index (χ1v) is 7.68. The standard InChI is InChI=1S/C15H23NOS/c1-3-8-13(2)15(17)16-11-7-12-18-14-9-5-4-6-10-14/h4-6,9-10,13H,3,7-8,11-12H2,1-2H3,(H,16,17). The molecule has 1 rings (SSSR count). The number of carbonyl (C=O) groups excluding carboxylic acids is 1. The minimum atomic E-state index is 0.150. The maximum absolute atomic E-state index is 11.6. The number of carbonyl (C=O) groups is 1. The molecule has 1 N–H and O–H groups in total. The second kappa shape index (κ2) is 9.03. The molecule has 1 aromatic rings. The summed E-state index contributed by atoms with van der Waals surface area (Å²) in [5.41, 5.74) is 0. The molecule has 0 aromatic heterocycles. The maximum atomic E-state index is 11.6. The van der Waals surface area contributed by atoms with Crippen molar-refractivity contribution >= 4 is 17.7 Å². The number of rotatable bonds is 8. The monoisotopic (exact) mass is 265 g/mol. The van der Waals surface area contributed by atoms with Crippen LogP contribution in [0.4, 0.5) is 0 Å². The molecule has 0 heterocycles. The summed E-state index contributed by atoms with van der Waals surface area (Å²) in [6, 6.07) is 10.4. The van der Waals surface area contributed by atoms with Crippen molar-refractivity contribution in [3.8, 4) is 0 Å². The van der Waals surface area contributed by atoms with Gasteiger partial charge in [-0.3, -0.25) is 4.79 Å². The summed E-state index contributed by atoms with van der Waals surface area (Å²) in [4.78, 5) is 12.9. The molecule has 1 amide bonds. The molecule has 0 fully saturated rings. The van der Waals surface area contributed by atoms with Crippen LogP contribution in [0.1, 0.15) is 33.1 Å². The molecule has 1 unspecified atom stereocenters. The SMILES string of the molecule is CCCC(C)C(=O)NCCCSc1ccccc1. The molecule has 1 aromatic carbocycles. The highest BCUT2D eigenvalue weighted by molar-refractivity contribution is 7.99. The Labute approximate surface area is 115 Å². The zero-order chi connectivity index (χ0) is 13.2. The van der Waals surface area contributed by atoms with Crippen LogP contribution in [0.3, 0.4) is 0 Å². The van der Waals surface area contributed by atoms with Gasteiger partial charge in [-0.25, -0.2) is 0 Å². The maximum Gasteiger partial charge on any atom is 0.222 e. The molecule has 2 nitrogen and oxygen atoms in total. The van der Waals surface area contributed by atoms with Gasteiger partial charge in [-0.15, -0.1) is 11.8 Å². The molecule has 0 aliphatic heterocycles. The quantitative estimate of drug-likeness (QED) is 0.573. The molecule has 3 heteroatoms. The van der Waals surface area contributed by atoms with E-state index >= 15 is 0 Å². The van der Waals surface area contributed by atoms with Gasteiger partial charge in [-0.05, 0) is 30.7 Å². The molecule has 0 saturated heterocycles. The van der Waals surface area contributed by atoms with E-state index in [4.69, 9.17) is 0 Å². The lowest BCUT2D eigenvalue weighted by Gasteiger charge is -2.10. The van der Waals surface area contributed by atoms with E-state index in [0.717, 1.165) is 31.6 Å². The van der Waals surface area contributed by atoms with E-state index in [9.17, 15) is 4.79 Å². The third kappa shape index (κ3) is 6.10. The zero-order valence-corrected chi connectivity index (χ0v) is 12.1. The Morgan fingerprint density at radius 2 is 2.06 bits per heavy atom. The zero-order valence-electron chi connectivity index (χ0n) is 11.3. The Hall–Kier alpha value is -0.960. The first-order chi connectivity index (χ1) is 8.74. The predicted molar refractivity (Wildman–Crippen MR) is 78.9 cm³/mol. The van der Waals surface area contributed by atoms with Gasteiger partial charge in [-0.2, -0.15) is 0 Å². The first-order valence-electron chi connectivity index (χ1n) is 6.69. The molecule has 0 spiro atoms. The van der Waals surface area contributed by atoms with Gasteiger partial charge >= 0.3 is 0 Å². The summed E-state index contributed by atoms with van der Waals surface area (Å²) in [6.07, 6.45) is 3.06. The van der Waals surface area contributed by atoms with Crippen molar-refractivity contribution < 1.29 is 4.79 Å². The fraction of sp³-hybridized carbons (Fsp3) is 0.533. The van der Waals surface area contributed by atoms with Crippen molar-refractivity contribution in [1.82, 2.24) is 5.32 Å². The number of thioether (sulfide) groups is 1. The van der Waals surface area contributed by atoms with Gasteiger partial charge in [0.25, 0.3) is 0 Å². The molecule has 1 atom stereocenters. The van der Waals surface area contributed by atoms with Crippen LogP contribution in [0.5, 0.6) is 0 Å². The van der Waals surface area contributed by atoms with Crippen LogP contribution in [-0.4, -0.2) is 18.2 Å². The van der Waals surface area contributed by atoms with Gasteiger partial charge in [0.15, 0.2) is 0 Å². The largest absolute Gasteiger partial charge is 0.356 e. The number of nitrogens with one attached hydrogen (secondary N) is 1. The summed E-state index contributed by atoms with van der Waals surface area (Å²) in [6.45, 7) is 4.89. The van der Waals surface area contributed by atoms with Crippen LogP contribution in [0.25, 0.3) is 0 Å². The molecule has 100 valence electrons. The Kier molecular flexibility index (Phi) is 7.58. The van der Waals surface area contributed by atoms with Crippen LogP contribution in [0.2, 0.25) is 0 Å². The normalized spacial score (nSPS) is 12.1. The summed E-state index contributed by atoms with van der Waals surface area (Å²) in [7, 11) is 0. The van der Waals surface area contributed by atoms with Crippen molar-refractivity contribution in [3.63, 3.8) is 0 Å². The molecule has 18 heavy (non-hydrogen) atoms. The van der Waals surface area contributed by atoms with E-state index in [1.165, 1.54) is 4.90 Å². The minimum Gasteiger partial charge on any atom is -0.356 e. The summed E-state index contributed by atoms with van der Waals surface area (Å²) < 4.78 is 0. The summed E-state index contributed by atoms with van der Waals surface area (Å²) in [5, 5.41) is 3.00. The van der Waals surface area contributed by atoms with Crippen molar-refractivity contribution in [2.75, 3.05) is 12.3 Å². The molecule has 0 aliphatic rings. The van der Waals surface area contributed by atoms with Gasteiger partial charge in [0.1, 0.15) is 0 Å². The highest BCUT2D eigenvalue weighted by atomic mass is 32.2. The first kappa shape index (κ1) is 15.1. The molecule has 0 bridgehead atoms. The average molecular weight is 265 g/mol. The van der Waals surface area contributed by atoms with Gasteiger partial charge < -0.3 is 5.32 Å². The second-order valence-electron chi connectivity index (χ2n) is 4.50. The molecular weight excluding hydrogens is 242 g/mol. The number of hydrogen-bond acceptors (Lipinski definition) is 2. The van der Waals surface area contributed by atoms with E-state index in [2.05, 4.69) is 36.5 Å². The molecular formula is C15H23NOS. The third-order valence-corrected chi connectivity index (χ3v) is 3.90. The van der Waals surface area contributed by atoms with Gasteiger partial charge in [0.05, 0.1) is 0 Å². The lowest BCUT2D eigenvalue weighted by atomic mass is 10.1. The van der Waals surface area contributed by atoms with E-state index in [1.54, 1.807) is 0 Å². The van der Waals surface area contributed by atoms with Gasteiger partial charge in [-0.1, -0.05) is 38.5 Å². The number of benzene rings is 1. The van der Waals surface area contributed by atoms with Crippen molar-refractivity contribution in [1.29, 1.82) is 0 Å². The fourth-order valence-corrected chi connectivity index (χ4v) is 2.60. The van der Waals surface area contributed by atoms with Crippen molar-refractivity contribution in [3.05, 3.63) is 30.3 Å². The Morgan fingerprint density at radius 3 is 2.72 bits per heavy atom. The smallest absolute Gasteiger partial charge is 0.222 e. The number of amides is 1. The average Bonchev–Trinajstić information content (AvgIpc) is 2.39. The number of hydrogen-bond donors (Lipinski definition) is 1. The van der Waals surface area contributed by atoms with Crippen LogP contribution in [-0.2, 0) is 4.79 Å².